The maximum atomic E-state index is 12.4. The zero-order valence-corrected chi connectivity index (χ0v) is 28.0. The number of halogens is 5. The molecule has 0 aromatic carbocycles. The molecule has 43 heavy (non-hydrogen) atoms. The minimum atomic E-state index is -4.54. The Hall–Kier alpha value is -2.93. The maximum absolute atomic E-state index is 12.4. The molecule has 1 fully saturated rings. The Morgan fingerprint density at radius 3 is 2.02 bits per heavy atom. The van der Waals surface area contributed by atoms with Gasteiger partial charge in [0.1, 0.15) is 24.4 Å². The summed E-state index contributed by atoms with van der Waals surface area (Å²) in [6, 6.07) is -2.02. The molecule has 1 saturated heterocycles. The third kappa shape index (κ3) is 14.9. The summed E-state index contributed by atoms with van der Waals surface area (Å²) in [6.45, 7) is 2.52. The summed E-state index contributed by atoms with van der Waals surface area (Å²) in [4.78, 5) is 71.1. The van der Waals surface area contributed by atoms with Crippen molar-refractivity contribution >= 4 is 43.9 Å². The van der Waals surface area contributed by atoms with E-state index >= 15 is 0 Å². The summed E-state index contributed by atoms with van der Waals surface area (Å²) in [5.41, 5.74) is 10.3. The van der Waals surface area contributed by atoms with Gasteiger partial charge in [-0.05, 0) is 20.3 Å². The molecule has 4 N–H and O–H groups in total. The van der Waals surface area contributed by atoms with E-state index in [4.69, 9.17) is 12.8 Å². The van der Waals surface area contributed by atoms with Crippen LogP contribution in [0.3, 0.4) is 0 Å². The summed E-state index contributed by atoms with van der Waals surface area (Å²) in [5.74, 6) is -7.32. The molecule has 1 heterocycles. The molecule has 0 aromatic heterocycles. The topological polar surface area (TPSA) is 179 Å². The molecular formula is C24H34BF5N4O8U. The van der Waals surface area contributed by atoms with E-state index in [1.165, 1.54) is 0 Å². The molecule has 2 radical (unpaired) electrons. The van der Waals surface area contributed by atoms with Crippen LogP contribution in [0.5, 0.6) is 0 Å². The third-order valence-corrected chi connectivity index (χ3v) is 5.82. The van der Waals surface area contributed by atoms with Crippen LogP contribution in [0.4, 0.5) is 22.0 Å². The quantitative estimate of drug-likeness (QED) is 0.0932. The number of carbonyl (C=O) groups excluding carboxylic acids is 6. The number of likely N-dealkylation sites (tertiary alicyclic amines) is 1. The van der Waals surface area contributed by atoms with Crippen LogP contribution >= 0.6 is 0 Å². The molecule has 3 unspecified atom stereocenters. The van der Waals surface area contributed by atoms with E-state index in [9.17, 15) is 50.7 Å². The Bertz CT molecular complexity index is 1050. The van der Waals surface area contributed by atoms with Crippen molar-refractivity contribution in [1.29, 1.82) is 1.34 Å². The molecule has 4 amide bonds. The summed E-state index contributed by atoms with van der Waals surface area (Å²) >= 11 is 0. The minimum Gasteiger partial charge on any atom is -0.469 e. The molecule has 4 atom stereocenters. The van der Waals surface area contributed by atoms with Gasteiger partial charge in [-0.1, -0.05) is 19.9 Å². The summed E-state index contributed by atoms with van der Waals surface area (Å²) in [5, 5.41) is 0. The third-order valence-electron chi connectivity index (χ3n) is 5.82. The van der Waals surface area contributed by atoms with Gasteiger partial charge in [-0.3, -0.25) is 28.8 Å². The molecule has 0 spiro atoms. The Labute approximate surface area is 272 Å². The Kier molecular flexibility index (Phi) is 20.5. The molecule has 1 aliphatic heterocycles. The van der Waals surface area contributed by atoms with Gasteiger partial charge >= 0.3 is 18.1 Å². The molecule has 1 aliphatic rings. The van der Waals surface area contributed by atoms with Crippen molar-refractivity contribution in [3.8, 4) is 0 Å². The Morgan fingerprint density at radius 1 is 1.09 bits per heavy atom. The predicted octanol–water partition coefficient (Wildman–Crippen LogP) is 0.390. The molecule has 0 saturated carbocycles. The van der Waals surface area contributed by atoms with Crippen LogP contribution in [0.15, 0.2) is 24.3 Å². The predicted molar refractivity (Wildman–Crippen MR) is 138 cm³/mol. The minimum absolute atomic E-state index is 0. The number of methoxy groups -OCH3 is 2. The van der Waals surface area contributed by atoms with E-state index < -0.39 is 84.7 Å². The second kappa shape index (κ2) is 20.9. The molecule has 1 rings (SSSR count). The van der Waals surface area contributed by atoms with E-state index in [0.717, 1.165) is 24.0 Å². The van der Waals surface area contributed by atoms with Crippen molar-refractivity contribution < 1.29 is 91.3 Å². The monoisotopic (exact) mass is 851 g/mol. The molecule has 0 bridgehead atoms. The number of primary amides is 2. The molecule has 12 nitrogen and oxygen atoms in total. The number of hydrogen-bond acceptors (Lipinski definition) is 8. The number of hydrogen-bond donors (Lipinski definition) is 2. The summed E-state index contributed by atoms with van der Waals surface area (Å²) in [6.07, 6.45) is -5.70. The Balaban J connectivity index is -0.000000708. The van der Waals surface area contributed by atoms with Crippen LogP contribution in [0.2, 0.25) is 0 Å². The van der Waals surface area contributed by atoms with Gasteiger partial charge in [-0.2, -0.15) is 22.0 Å². The number of alkyl halides is 3. The van der Waals surface area contributed by atoms with E-state index in [1.807, 2.05) is 0 Å². The molecule has 240 valence electrons. The first-order chi connectivity index (χ1) is 19.9. The van der Waals surface area contributed by atoms with Gasteiger partial charge in [0.15, 0.2) is 0 Å². The fourth-order valence-electron chi connectivity index (χ4n) is 3.93. The largest absolute Gasteiger partial charge is 0.469 e. The maximum Gasteiger partial charge on any atom is 0.409 e. The van der Waals surface area contributed by atoms with Crippen LogP contribution < -0.4 is 11.5 Å². The van der Waals surface area contributed by atoms with Crippen LogP contribution in [0, 0.1) is 42.9 Å². The van der Waals surface area contributed by atoms with Gasteiger partial charge in [0, 0.05) is 64.6 Å². The van der Waals surface area contributed by atoms with Crippen molar-refractivity contribution in [1.82, 2.24) is 9.80 Å². The van der Waals surface area contributed by atoms with Gasteiger partial charge in [0.25, 0.3) is 6.08 Å². The van der Waals surface area contributed by atoms with Gasteiger partial charge < -0.3 is 30.7 Å². The molecule has 0 aromatic rings. The van der Waals surface area contributed by atoms with Crippen molar-refractivity contribution in [2.75, 3.05) is 27.3 Å². The van der Waals surface area contributed by atoms with E-state index in [0.29, 0.717) is 12.2 Å². The van der Waals surface area contributed by atoms with Crippen molar-refractivity contribution in [2.45, 2.75) is 51.4 Å². The van der Waals surface area contributed by atoms with Crippen LogP contribution in [0.25, 0.3) is 0 Å². The van der Waals surface area contributed by atoms with Crippen LogP contribution in [-0.4, -0.2) is 101 Å². The first-order valence-electron chi connectivity index (χ1n) is 12.6. The van der Waals surface area contributed by atoms with Gasteiger partial charge in [0.05, 0.1) is 14.2 Å². The second-order valence-corrected chi connectivity index (χ2v) is 8.51. The first kappa shape index (κ1) is 42.2. The van der Waals surface area contributed by atoms with E-state index in [1.54, 1.807) is 13.8 Å². The SMILES string of the molecule is CCC(C(N)=O)N1CC(C=C(F)F)C(C(=O)OC)C1=O.CC[C@@H](C(N)=O)N(CC=CC(F)(F)F)C(=O)CC(=O)OC.[2H][B].[U]. The van der Waals surface area contributed by atoms with E-state index in [2.05, 4.69) is 17.9 Å². The van der Waals surface area contributed by atoms with Gasteiger partial charge in [-0.15, -0.1) is 0 Å². The number of nitrogens with two attached hydrogens (primary N) is 2. The van der Waals surface area contributed by atoms with Crippen LogP contribution in [-0.2, 0) is 38.2 Å². The number of ether oxygens (including phenoxy) is 2. The second-order valence-electron chi connectivity index (χ2n) is 8.51. The number of allylic oxidation sites excluding steroid dienone is 1. The zero-order chi connectivity index (χ0) is 34.1. The van der Waals surface area contributed by atoms with Gasteiger partial charge in [0.2, 0.25) is 23.6 Å². The first-order valence-corrected chi connectivity index (χ1v) is 12.1. The van der Waals surface area contributed by atoms with E-state index in [-0.39, 0.29) is 56.6 Å². The molecule has 0 aliphatic carbocycles. The number of carbonyl (C=O) groups is 6. The fourth-order valence-corrected chi connectivity index (χ4v) is 3.93. The fraction of sp³-hybridized carbons (Fsp3) is 0.583. The number of nitrogens with zero attached hydrogens (tertiary/aromatic N) is 2. The smallest absolute Gasteiger partial charge is 0.409 e. The van der Waals surface area contributed by atoms with Crippen molar-refractivity contribution in [2.24, 2.45) is 23.3 Å². The number of rotatable bonds is 12. The molecular weight excluding hydrogens is 816 g/mol. The van der Waals surface area contributed by atoms with Crippen molar-refractivity contribution in [3.63, 3.8) is 0 Å². The number of esters is 2. The Morgan fingerprint density at radius 2 is 1.65 bits per heavy atom. The average molecular weight is 851 g/mol. The van der Waals surface area contributed by atoms with Crippen LogP contribution in [0.1, 0.15) is 33.1 Å². The summed E-state index contributed by atoms with van der Waals surface area (Å²) in [7, 11) is 5.88. The van der Waals surface area contributed by atoms with Crippen molar-refractivity contribution in [3.05, 3.63) is 24.3 Å². The zero-order valence-electron chi connectivity index (χ0n) is 24.9. The molecule has 19 heteroatoms. The summed E-state index contributed by atoms with van der Waals surface area (Å²) < 4.78 is 75.0. The normalized spacial score (nSPS) is 17.4. The standard InChI is InChI=1S/C12H17F3N2O4.C12H16F2N2O4.BH.U/c1-3-8(11(16)20)17(6-4-5-12(13,14)15)9(18)7-10(19)21-2;1-3-7(10(15)17)16-5-6(4-8(13)14)9(11(16)18)12(19)20-2;;/h4-5,8H,3,6-7H2,1-2H3,(H2,16,20);4,6-7,9H,3,5H2,1-2H3,(H2,15,17);1H;/t8-;;;/m0.../s1/i;;1D;. The van der Waals surface area contributed by atoms with Gasteiger partial charge in [-0.25, -0.2) is 0 Å². The average Bonchev–Trinajstić information content (AvgIpc) is 3.22. The number of amides is 4.